The quantitative estimate of drug-likeness (QED) is 0.867. The molecule has 1 heterocycles. The average Bonchev–Trinajstić information content (AvgIpc) is 2.48. The lowest BCUT2D eigenvalue weighted by Gasteiger charge is -2.13. The van der Waals surface area contributed by atoms with Gasteiger partial charge in [-0.2, -0.15) is 18.3 Å². The Bertz CT molecular complexity index is 895. The van der Waals surface area contributed by atoms with Crippen molar-refractivity contribution in [3.63, 3.8) is 0 Å². The summed E-state index contributed by atoms with van der Waals surface area (Å²) in [4.78, 5) is 24.1. The van der Waals surface area contributed by atoms with Crippen LogP contribution in [0.5, 0.6) is 0 Å². The Morgan fingerprint density at radius 2 is 1.88 bits per heavy atom. The molecule has 0 unspecified atom stereocenters. The molecule has 2 aromatic rings. The van der Waals surface area contributed by atoms with Gasteiger partial charge in [0.05, 0.1) is 15.6 Å². The summed E-state index contributed by atoms with van der Waals surface area (Å²) in [6.45, 7) is 2.04. The van der Waals surface area contributed by atoms with Crippen LogP contribution >= 0.6 is 23.2 Å². The second-order valence-electron chi connectivity index (χ2n) is 5.04. The van der Waals surface area contributed by atoms with Gasteiger partial charge >= 0.3 is 6.18 Å². The lowest BCUT2D eigenvalue weighted by atomic mass is 10.1. The molecule has 0 bridgehead atoms. The van der Waals surface area contributed by atoms with E-state index in [9.17, 15) is 22.8 Å². The van der Waals surface area contributed by atoms with Crippen LogP contribution in [0.3, 0.4) is 0 Å². The normalized spacial score (nSPS) is 11.5. The molecule has 134 valence electrons. The Kier molecular flexibility index (Phi) is 5.43. The fourth-order valence-corrected chi connectivity index (χ4v) is 2.71. The molecule has 10 heteroatoms. The third-order valence-corrected chi connectivity index (χ3v) is 3.91. The molecule has 0 aliphatic rings. The van der Waals surface area contributed by atoms with E-state index in [2.05, 4.69) is 10.4 Å². The minimum atomic E-state index is -4.73. The number of amides is 1. The fourth-order valence-electron chi connectivity index (χ4n) is 2.15. The van der Waals surface area contributed by atoms with Crippen LogP contribution in [-0.2, 0) is 13.2 Å². The highest BCUT2D eigenvalue weighted by molar-refractivity contribution is 6.38. The number of carbonyl (C=O) groups excluding carboxylic acids is 1. The number of halogens is 5. The summed E-state index contributed by atoms with van der Waals surface area (Å²) < 4.78 is 39.1. The Morgan fingerprint density at radius 1 is 1.24 bits per heavy atom. The summed E-state index contributed by atoms with van der Waals surface area (Å²) in [6, 6.07) is 2.90. The van der Waals surface area contributed by atoms with Gasteiger partial charge in [-0.05, 0) is 19.1 Å². The van der Waals surface area contributed by atoms with Crippen LogP contribution in [0.2, 0.25) is 10.0 Å². The number of benzene rings is 1. The highest BCUT2D eigenvalue weighted by Crippen LogP contribution is 2.32. The van der Waals surface area contributed by atoms with E-state index in [1.165, 1.54) is 12.1 Å². The molecule has 0 fully saturated rings. The number of nitrogens with one attached hydrogen (secondary N) is 1. The molecule has 0 saturated carbocycles. The van der Waals surface area contributed by atoms with Crippen molar-refractivity contribution < 1.29 is 18.0 Å². The fraction of sp³-hybridized carbons (Fsp3) is 0.267. The summed E-state index contributed by atoms with van der Waals surface area (Å²) in [5, 5.41) is 6.24. The number of aryl methyl sites for hydroxylation is 1. The Balaban J connectivity index is 2.67. The van der Waals surface area contributed by atoms with E-state index in [1.54, 1.807) is 6.92 Å². The summed E-state index contributed by atoms with van der Waals surface area (Å²) in [5.41, 5.74) is -2.44. The van der Waals surface area contributed by atoms with E-state index in [-0.39, 0.29) is 26.9 Å². The van der Waals surface area contributed by atoms with Crippen molar-refractivity contribution in [2.75, 3.05) is 6.54 Å². The van der Waals surface area contributed by atoms with Crippen LogP contribution < -0.4 is 10.7 Å². The predicted octanol–water partition coefficient (Wildman–Crippen LogP) is 3.52. The zero-order chi connectivity index (χ0) is 18.9. The number of aromatic nitrogens is 2. The van der Waals surface area contributed by atoms with Crippen molar-refractivity contribution in [3.8, 4) is 11.3 Å². The first-order valence-electron chi connectivity index (χ1n) is 6.99. The van der Waals surface area contributed by atoms with Crippen LogP contribution in [-0.4, -0.2) is 22.2 Å². The molecule has 0 saturated heterocycles. The van der Waals surface area contributed by atoms with Gasteiger partial charge in [-0.25, -0.2) is 0 Å². The van der Waals surface area contributed by atoms with Gasteiger partial charge in [0.15, 0.2) is 0 Å². The molecule has 0 spiro atoms. The molecule has 0 aliphatic heterocycles. The second-order valence-corrected chi connectivity index (χ2v) is 5.85. The van der Waals surface area contributed by atoms with Gasteiger partial charge in [0.25, 0.3) is 5.91 Å². The number of hydrogen-bond acceptors (Lipinski definition) is 3. The molecular formula is C15H12Cl2F3N3O2. The SMILES string of the molecule is CCNC(=O)c1cc(-c2nn(C)c(C(F)(F)F)cc2=O)c(Cl)cc1Cl. The van der Waals surface area contributed by atoms with Gasteiger partial charge in [0.1, 0.15) is 11.4 Å². The third-order valence-electron chi connectivity index (χ3n) is 3.28. The van der Waals surface area contributed by atoms with Gasteiger partial charge < -0.3 is 5.32 Å². The Labute approximate surface area is 150 Å². The van der Waals surface area contributed by atoms with Gasteiger partial charge in [0, 0.05) is 25.2 Å². The molecular weight excluding hydrogens is 382 g/mol. The lowest BCUT2D eigenvalue weighted by Crippen LogP contribution is -2.24. The molecule has 2 rings (SSSR count). The number of rotatable bonds is 3. The van der Waals surface area contributed by atoms with Crippen molar-refractivity contribution in [3.05, 3.63) is 49.7 Å². The van der Waals surface area contributed by atoms with E-state index < -0.39 is 23.2 Å². The van der Waals surface area contributed by atoms with Crippen LogP contribution in [0.4, 0.5) is 13.2 Å². The van der Waals surface area contributed by atoms with Gasteiger partial charge in [-0.1, -0.05) is 23.2 Å². The predicted molar refractivity (Wildman–Crippen MR) is 87.9 cm³/mol. The third kappa shape index (κ3) is 3.96. The molecule has 0 radical (unpaired) electrons. The van der Waals surface area contributed by atoms with Crippen LogP contribution in [0, 0.1) is 0 Å². The van der Waals surface area contributed by atoms with Crippen molar-refractivity contribution >= 4 is 29.1 Å². The molecule has 1 amide bonds. The molecule has 5 nitrogen and oxygen atoms in total. The van der Waals surface area contributed by atoms with Gasteiger partial charge in [-0.3, -0.25) is 14.3 Å². The van der Waals surface area contributed by atoms with Gasteiger partial charge in [-0.15, -0.1) is 0 Å². The lowest BCUT2D eigenvalue weighted by molar-refractivity contribution is -0.144. The van der Waals surface area contributed by atoms with Gasteiger partial charge in [0.2, 0.25) is 5.43 Å². The zero-order valence-corrected chi connectivity index (χ0v) is 14.6. The summed E-state index contributed by atoms with van der Waals surface area (Å²) in [5.74, 6) is -0.505. The standard InChI is InChI=1S/C15H12Cl2F3N3O2/c1-3-21-14(25)8-4-7(9(16)5-10(8)17)13-11(24)6-12(15(18,19)20)23(2)22-13/h4-6H,3H2,1-2H3,(H,21,25). The van der Waals surface area contributed by atoms with E-state index >= 15 is 0 Å². The molecule has 1 aromatic heterocycles. The molecule has 25 heavy (non-hydrogen) atoms. The first-order chi connectivity index (χ1) is 11.6. The van der Waals surface area contributed by atoms with E-state index in [0.717, 1.165) is 7.05 Å². The average molecular weight is 394 g/mol. The van der Waals surface area contributed by atoms with Crippen molar-refractivity contribution in [1.82, 2.24) is 15.1 Å². The first kappa shape index (κ1) is 19.3. The largest absolute Gasteiger partial charge is 0.433 e. The topological polar surface area (TPSA) is 64.0 Å². The van der Waals surface area contributed by atoms with Crippen LogP contribution in [0.1, 0.15) is 23.0 Å². The first-order valence-corrected chi connectivity index (χ1v) is 7.75. The number of carbonyl (C=O) groups is 1. The minimum Gasteiger partial charge on any atom is -0.352 e. The Hall–Kier alpha value is -2.06. The summed E-state index contributed by atoms with van der Waals surface area (Å²) >= 11 is 12.0. The minimum absolute atomic E-state index is 0.0117. The molecule has 1 aromatic carbocycles. The number of alkyl halides is 3. The van der Waals surface area contributed by atoms with Crippen molar-refractivity contribution in [2.24, 2.45) is 7.05 Å². The van der Waals surface area contributed by atoms with E-state index in [4.69, 9.17) is 23.2 Å². The maximum Gasteiger partial charge on any atom is 0.433 e. The number of nitrogens with zero attached hydrogens (tertiary/aromatic N) is 2. The maximum absolute atomic E-state index is 12.9. The number of hydrogen-bond donors (Lipinski definition) is 1. The van der Waals surface area contributed by atoms with E-state index in [1.807, 2.05) is 0 Å². The highest BCUT2D eigenvalue weighted by atomic mass is 35.5. The maximum atomic E-state index is 12.9. The Morgan fingerprint density at radius 3 is 2.44 bits per heavy atom. The summed E-state index contributed by atoms with van der Waals surface area (Å²) in [6.07, 6.45) is -4.73. The highest BCUT2D eigenvalue weighted by Gasteiger charge is 2.34. The van der Waals surface area contributed by atoms with Crippen molar-refractivity contribution in [1.29, 1.82) is 0 Å². The van der Waals surface area contributed by atoms with Crippen LogP contribution in [0.15, 0.2) is 23.0 Å². The molecule has 0 aliphatic carbocycles. The smallest absolute Gasteiger partial charge is 0.352 e. The second kappa shape index (κ2) is 7.05. The summed E-state index contributed by atoms with van der Waals surface area (Å²) in [7, 11) is 1.06. The van der Waals surface area contributed by atoms with Crippen LogP contribution in [0.25, 0.3) is 11.3 Å². The van der Waals surface area contributed by atoms with Crippen molar-refractivity contribution in [2.45, 2.75) is 13.1 Å². The monoisotopic (exact) mass is 393 g/mol. The molecule has 0 atom stereocenters. The zero-order valence-electron chi connectivity index (χ0n) is 13.0. The van der Waals surface area contributed by atoms with E-state index in [0.29, 0.717) is 17.3 Å². The molecule has 1 N–H and O–H groups in total.